The maximum atomic E-state index is 12.4. The maximum Gasteiger partial charge on any atom is 0.275 e. The van der Waals surface area contributed by atoms with Crippen LogP contribution in [0.2, 0.25) is 0 Å². The van der Waals surface area contributed by atoms with Crippen molar-refractivity contribution in [1.29, 1.82) is 0 Å². The Labute approximate surface area is 184 Å². The van der Waals surface area contributed by atoms with Gasteiger partial charge in [-0.2, -0.15) is 10.1 Å². The highest BCUT2D eigenvalue weighted by atomic mass is 16.2. The molecule has 11 heteroatoms. The Bertz CT molecular complexity index is 1230. The number of amides is 2. The molecule has 164 valence electrons. The zero-order valence-electron chi connectivity index (χ0n) is 18.0. The lowest BCUT2D eigenvalue weighted by Crippen LogP contribution is -2.25. The number of fused-ring (bicyclic) bond motifs is 3. The van der Waals surface area contributed by atoms with Gasteiger partial charge in [0.15, 0.2) is 11.5 Å². The highest BCUT2D eigenvalue weighted by molar-refractivity contribution is 5.99. The molecule has 0 radical (unpaired) electrons. The van der Waals surface area contributed by atoms with Gasteiger partial charge in [0, 0.05) is 50.9 Å². The molecule has 0 bridgehead atoms. The standard InChI is InChI=1S/C21H23N9O2/c1-22-20(32)16-18(24-21(27-26-16)25-19(31)11-7-8-11)23-14-6-4-5-13-15-12(10-30(3)28-15)9-29(2)17(13)14/h4-6,10-11H,7-9H2,1-3H3,(H,22,32)(H2,23,24,25,27,31). The van der Waals surface area contributed by atoms with Crippen molar-refractivity contribution in [3.63, 3.8) is 0 Å². The lowest BCUT2D eigenvalue weighted by atomic mass is 9.99. The third kappa shape index (κ3) is 3.51. The fourth-order valence-corrected chi connectivity index (χ4v) is 3.88. The van der Waals surface area contributed by atoms with Crippen LogP contribution in [-0.2, 0) is 18.4 Å². The van der Waals surface area contributed by atoms with E-state index in [9.17, 15) is 9.59 Å². The number of hydrogen-bond donors (Lipinski definition) is 3. The number of nitrogens with one attached hydrogen (secondary N) is 3. The molecule has 1 aromatic carbocycles. The first kappa shape index (κ1) is 19.9. The molecular formula is C21H23N9O2. The minimum Gasteiger partial charge on any atom is -0.368 e. The zero-order chi connectivity index (χ0) is 22.4. The van der Waals surface area contributed by atoms with E-state index in [1.54, 1.807) is 4.68 Å². The second kappa shape index (κ2) is 7.59. The summed E-state index contributed by atoms with van der Waals surface area (Å²) in [4.78, 5) is 31.0. The molecular weight excluding hydrogens is 410 g/mol. The Morgan fingerprint density at radius 2 is 1.97 bits per heavy atom. The van der Waals surface area contributed by atoms with E-state index in [0.717, 1.165) is 41.0 Å². The SMILES string of the molecule is CNC(=O)c1nnc(NC(=O)C2CC2)nc1Nc1cccc2c1N(C)Cc1cn(C)nc1-2. The number of nitrogens with zero attached hydrogens (tertiary/aromatic N) is 6. The number of benzene rings is 1. The molecule has 0 spiro atoms. The van der Waals surface area contributed by atoms with Crippen LogP contribution in [0.15, 0.2) is 24.4 Å². The number of aromatic nitrogens is 5. The van der Waals surface area contributed by atoms with Gasteiger partial charge in [-0.25, -0.2) is 0 Å². The first-order chi connectivity index (χ1) is 15.4. The molecule has 1 saturated carbocycles. The van der Waals surface area contributed by atoms with E-state index in [2.05, 4.69) is 41.1 Å². The Balaban J connectivity index is 1.55. The molecule has 3 N–H and O–H groups in total. The summed E-state index contributed by atoms with van der Waals surface area (Å²) in [5.74, 6) is -0.306. The summed E-state index contributed by atoms with van der Waals surface area (Å²) >= 11 is 0. The van der Waals surface area contributed by atoms with Crippen LogP contribution < -0.4 is 20.9 Å². The summed E-state index contributed by atoms with van der Waals surface area (Å²) in [6.45, 7) is 0.696. The average molecular weight is 433 g/mol. The number of carbonyl (C=O) groups excluding carboxylic acids is 2. The largest absolute Gasteiger partial charge is 0.368 e. The van der Waals surface area contributed by atoms with Crippen LogP contribution in [0.1, 0.15) is 28.9 Å². The topological polar surface area (TPSA) is 130 Å². The molecule has 2 amide bonds. The van der Waals surface area contributed by atoms with Crippen LogP contribution in [-0.4, -0.2) is 50.9 Å². The molecule has 2 aliphatic rings. The van der Waals surface area contributed by atoms with Crippen LogP contribution in [0.5, 0.6) is 0 Å². The van der Waals surface area contributed by atoms with Crippen molar-refractivity contribution in [2.75, 3.05) is 29.6 Å². The second-order valence-corrected chi connectivity index (χ2v) is 8.03. The molecule has 3 heterocycles. The van der Waals surface area contributed by atoms with E-state index in [4.69, 9.17) is 0 Å². The predicted octanol–water partition coefficient (Wildman–Crippen LogP) is 1.67. The lowest BCUT2D eigenvalue weighted by molar-refractivity contribution is -0.117. The predicted molar refractivity (Wildman–Crippen MR) is 119 cm³/mol. The Morgan fingerprint density at radius 1 is 1.16 bits per heavy atom. The first-order valence-corrected chi connectivity index (χ1v) is 10.4. The fourth-order valence-electron chi connectivity index (χ4n) is 3.88. The van der Waals surface area contributed by atoms with Gasteiger partial charge < -0.3 is 15.5 Å². The highest BCUT2D eigenvalue weighted by Gasteiger charge is 2.31. The maximum absolute atomic E-state index is 12.4. The van der Waals surface area contributed by atoms with Gasteiger partial charge in [0.05, 0.1) is 17.1 Å². The van der Waals surface area contributed by atoms with E-state index in [1.165, 1.54) is 7.05 Å². The van der Waals surface area contributed by atoms with Crippen molar-refractivity contribution in [3.8, 4) is 11.3 Å². The van der Waals surface area contributed by atoms with E-state index >= 15 is 0 Å². The fraction of sp³-hybridized carbons (Fsp3) is 0.333. The molecule has 11 nitrogen and oxygen atoms in total. The molecule has 2 aromatic heterocycles. The third-order valence-electron chi connectivity index (χ3n) is 5.55. The van der Waals surface area contributed by atoms with Gasteiger partial charge in [-0.15, -0.1) is 10.2 Å². The molecule has 3 aromatic rings. The van der Waals surface area contributed by atoms with Crippen molar-refractivity contribution < 1.29 is 9.59 Å². The minimum atomic E-state index is -0.433. The van der Waals surface area contributed by atoms with Crippen LogP contribution >= 0.6 is 0 Å². The monoisotopic (exact) mass is 433 g/mol. The van der Waals surface area contributed by atoms with Gasteiger partial charge >= 0.3 is 0 Å². The van der Waals surface area contributed by atoms with Crippen molar-refractivity contribution in [2.45, 2.75) is 19.4 Å². The second-order valence-electron chi connectivity index (χ2n) is 8.03. The molecule has 0 atom stereocenters. The lowest BCUT2D eigenvalue weighted by Gasteiger charge is -2.29. The van der Waals surface area contributed by atoms with E-state index in [-0.39, 0.29) is 29.3 Å². The van der Waals surface area contributed by atoms with E-state index in [0.29, 0.717) is 6.54 Å². The van der Waals surface area contributed by atoms with Gasteiger partial charge in [0.1, 0.15) is 0 Å². The van der Waals surface area contributed by atoms with Crippen molar-refractivity contribution >= 4 is 35.0 Å². The summed E-state index contributed by atoms with van der Waals surface area (Å²) in [5, 5.41) is 21.0. The molecule has 1 aliphatic carbocycles. The summed E-state index contributed by atoms with van der Waals surface area (Å²) in [5.41, 5.74) is 4.75. The summed E-state index contributed by atoms with van der Waals surface area (Å²) in [6.07, 6.45) is 3.74. The quantitative estimate of drug-likeness (QED) is 0.554. The molecule has 32 heavy (non-hydrogen) atoms. The number of aryl methyl sites for hydroxylation is 1. The number of para-hydroxylation sites is 1. The van der Waals surface area contributed by atoms with E-state index < -0.39 is 5.91 Å². The zero-order valence-corrected chi connectivity index (χ0v) is 18.0. The Kier molecular flexibility index (Phi) is 4.72. The van der Waals surface area contributed by atoms with Crippen LogP contribution in [0.25, 0.3) is 11.3 Å². The highest BCUT2D eigenvalue weighted by Crippen LogP contribution is 2.43. The van der Waals surface area contributed by atoms with Gasteiger partial charge in [0.25, 0.3) is 11.9 Å². The van der Waals surface area contributed by atoms with Crippen LogP contribution in [0, 0.1) is 5.92 Å². The van der Waals surface area contributed by atoms with Gasteiger partial charge in [-0.1, -0.05) is 12.1 Å². The Morgan fingerprint density at radius 3 is 2.72 bits per heavy atom. The number of hydrogen-bond acceptors (Lipinski definition) is 8. The van der Waals surface area contributed by atoms with Crippen molar-refractivity contribution in [2.24, 2.45) is 13.0 Å². The molecule has 1 aliphatic heterocycles. The summed E-state index contributed by atoms with van der Waals surface area (Å²) < 4.78 is 1.81. The van der Waals surface area contributed by atoms with Crippen LogP contribution in [0.3, 0.4) is 0 Å². The molecule has 0 saturated heterocycles. The third-order valence-corrected chi connectivity index (χ3v) is 5.55. The first-order valence-electron chi connectivity index (χ1n) is 10.4. The molecule has 0 unspecified atom stereocenters. The smallest absolute Gasteiger partial charge is 0.275 e. The molecule has 1 fully saturated rings. The molecule has 5 rings (SSSR count). The van der Waals surface area contributed by atoms with Crippen LogP contribution in [0.4, 0.5) is 23.1 Å². The van der Waals surface area contributed by atoms with Gasteiger partial charge in [-0.3, -0.25) is 19.6 Å². The normalized spacial score (nSPS) is 14.4. The number of rotatable bonds is 5. The number of anilines is 4. The average Bonchev–Trinajstić information content (AvgIpc) is 3.56. The van der Waals surface area contributed by atoms with Gasteiger partial charge in [0.2, 0.25) is 5.91 Å². The number of carbonyl (C=O) groups is 2. The summed E-state index contributed by atoms with van der Waals surface area (Å²) in [6, 6.07) is 5.84. The van der Waals surface area contributed by atoms with E-state index in [1.807, 2.05) is 38.5 Å². The summed E-state index contributed by atoms with van der Waals surface area (Å²) in [7, 11) is 5.41. The Hall–Kier alpha value is -4.02. The minimum absolute atomic E-state index is 0.00372. The van der Waals surface area contributed by atoms with Crippen molar-refractivity contribution in [1.82, 2.24) is 30.3 Å². The van der Waals surface area contributed by atoms with Crippen molar-refractivity contribution in [3.05, 3.63) is 35.7 Å². The van der Waals surface area contributed by atoms with Gasteiger partial charge in [-0.05, 0) is 18.9 Å².